The minimum atomic E-state index is -0.257. The van der Waals surface area contributed by atoms with E-state index in [2.05, 4.69) is 12.8 Å². The molecule has 2 rings (SSSR count). The second-order valence-electron chi connectivity index (χ2n) is 4.66. The third-order valence-corrected chi connectivity index (χ3v) is 3.72. The first-order chi connectivity index (χ1) is 6.74. The molecule has 1 aliphatic heterocycles. The molecule has 1 heterocycles. The molecule has 5 atom stereocenters. The highest BCUT2D eigenvalue weighted by atomic mass is 16.5. The predicted octanol–water partition coefficient (Wildman–Crippen LogP) is 1.43. The van der Waals surface area contributed by atoms with Gasteiger partial charge in [-0.25, -0.2) is 0 Å². The van der Waals surface area contributed by atoms with Crippen LogP contribution in [0.2, 0.25) is 0 Å². The van der Waals surface area contributed by atoms with E-state index in [1.165, 1.54) is 0 Å². The Morgan fingerprint density at radius 2 is 2.36 bits per heavy atom. The molecule has 78 valence electrons. The lowest BCUT2D eigenvalue weighted by molar-refractivity contribution is 0.00630. The molecule has 2 fully saturated rings. The first-order valence-electron chi connectivity index (χ1n) is 5.47. The van der Waals surface area contributed by atoms with E-state index in [-0.39, 0.29) is 12.2 Å². The number of hydrogen-bond donors (Lipinski definition) is 1. The highest BCUT2D eigenvalue weighted by Crippen LogP contribution is 2.45. The van der Waals surface area contributed by atoms with Crippen LogP contribution < -0.4 is 0 Å². The number of rotatable bonds is 2. The number of hydrogen-bond acceptors (Lipinski definition) is 2. The van der Waals surface area contributed by atoms with E-state index < -0.39 is 0 Å². The van der Waals surface area contributed by atoms with Crippen molar-refractivity contribution in [1.29, 1.82) is 0 Å². The fraction of sp³-hybridized carbons (Fsp3) is 0.833. The smallest absolute Gasteiger partial charge is 0.0868 e. The van der Waals surface area contributed by atoms with E-state index in [1.54, 1.807) is 0 Å². The van der Waals surface area contributed by atoms with Gasteiger partial charge in [-0.1, -0.05) is 6.92 Å². The summed E-state index contributed by atoms with van der Waals surface area (Å²) < 4.78 is 5.61. The van der Waals surface area contributed by atoms with Crippen LogP contribution in [0.5, 0.6) is 0 Å². The molecule has 1 saturated heterocycles. The van der Waals surface area contributed by atoms with Gasteiger partial charge >= 0.3 is 0 Å². The Bertz CT molecular complexity index is 243. The maximum Gasteiger partial charge on any atom is 0.0868 e. The lowest BCUT2D eigenvalue weighted by Gasteiger charge is -2.19. The van der Waals surface area contributed by atoms with E-state index in [0.717, 1.165) is 25.9 Å². The van der Waals surface area contributed by atoms with Crippen molar-refractivity contribution >= 4 is 0 Å². The minimum Gasteiger partial charge on any atom is -0.390 e. The number of terminal acetylenes is 1. The largest absolute Gasteiger partial charge is 0.390 e. The van der Waals surface area contributed by atoms with Gasteiger partial charge in [-0.05, 0) is 30.6 Å². The third-order valence-electron chi connectivity index (χ3n) is 3.72. The van der Waals surface area contributed by atoms with Crippen LogP contribution >= 0.6 is 0 Å². The summed E-state index contributed by atoms with van der Waals surface area (Å²) in [6.07, 6.45) is 7.85. The van der Waals surface area contributed by atoms with Crippen molar-refractivity contribution < 1.29 is 9.84 Å². The molecular formula is C12H18O2. The topological polar surface area (TPSA) is 29.5 Å². The van der Waals surface area contributed by atoms with Gasteiger partial charge in [0.15, 0.2) is 0 Å². The van der Waals surface area contributed by atoms with Crippen LogP contribution in [-0.2, 0) is 4.74 Å². The van der Waals surface area contributed by atoms with Gasteiger partial charge in [-0.3, -0.25) is 0 Å². The van der Waals surface area contributed by atoms with Crippen molar-refractivity contribution in [3.05, 3.63) is 0 Å². The molecule has 14 heavy (non-hydrogen) atoms. The molecule has 2 heteroatoms. The fourth-order valence-electron chi connectivity index (χ4n) is 3.09. The van der Waals surface area contributed by atoms with Gasteiger partial charge in [0, 0.05) is 6.42 Å². The van der Waals surface area contributed by atoms with Gasteiger partial charge < -0.3 is 9.84 Å². The van der Waals surface area contributed by atoms with Crippen LogP contribution in [0, 0.1) is 30.1 Å². The standard InChI is InChI=1S/C12H18O2/c1-3-4-5-9-6-10(13)12-11(9)8(2)7-14-12/h1,8-13H,4-7H2,2H3/t8-,9+,10+,11-,12+/m1/s1. The Morgan fingerprint density at radius 3 is 3.07 bits per heavy atom. The Kier molecular flexibility index (Phi) is 2.80. The molecule has 0 radical (unpaired) electrons. The van der Waals surface area contributed by atoms with Crippen LogP contribution in [0.1, 0.15) is 26.2 Å². The van der Waals surface area contributed by atoms with E-state index >= 15 is 0 Å². The van der Waals surface area contributed by atoms with Gasteiger partial charge in [-0.15, -0.1) is 12.3 Å². The Balaban J connectivity index is 2.02. The molecule has 0 spiro atoms. The zero-order chi connectivity index (χ0) is 10.1. The summed E-state index contributed by atoms with van der Waals surface area (Å²) in [5, 5.41) is 9.81. The van der Waals surface area contributed by atoms with Crippen LogP contribution in [0.4, 0.5) is 0 Å². The molecule has 1 aliphatic carbocycles. The average molecular weight is 194 g/mol. The first-order valence-corrected chi connectivity index (χ1v) is 5.47. The predicted molar refractivity (Wildman–Crippen MR) is 54.6 cm³/mol. The number of aliphatic hydroxyl groups is 1. The summed E-state index contributed by atoms with van der Waals surface area (Å²) in [6, 6.07) is 0. The summed E-state index contributed by atoms with van der Waals surface area (Å²) in [6.45, 7) is 3.02. The van der Waals surface area contributed by atoms with Gasteiger partial charge in [0.05, 0.1) is 18.8 Å². The third kappa shape index (κ3) is 1.55. The van der Waals surface area contributed by atoms with E-state index in [4.69, 9.17) is 11.2 Å². The Labute approximate surface area is 85.6 Å². The lowest BCUT2D eigenvalue weighted by Crippen LogP contribution is -2.24. The molecule has 2 aliphatic rings. The van der Waals surface area contributed by atoms with Gasteiger partial charge in [0.2, 0.25) is 0 Å². The Hall–Kier alpha value is -0.520. The maximum absolute atomic E-state index is 9.81. The summed E-state index contributed by atoms with van der Waals surface area (Å²) >= 11 is 0. The maximum atomic E-state index is 9.81. The van der Waals surface area contributed by atoms with Crippen LogP contribution in [0.15, 0.2) is 0 Å². The van der Waals surface area contributed by atoms with E-state index in [1.807, 2.05) is 0 Å². The number of aliphatic hydroxyl groups excluding tert-OH is 1. The molecule has 1 N–H and O–H groups in total. The average Bonchev–Trinajstić information content (AvgIpc) is 2.67. The van der Waals surface area contributed by atoms with Gasteiger partial charge in [0.1, 0.15) is 0 Å². The SMILES string of the molecule is C#CCC[C@H]1C[C@H](O)[C@@H]2OC[C@@H](C)[C@H]12. The van der Waals surface area contributed by atoms with Crippen molar-refractivity contribution in [1.82, 2.24) is 0 Å². The molecule has 0 bridgehead atoms. The van der Waals surface area contributed by atoms with Crippen molar-refractivity contribution in [3.63, 3.8) is 0 Å². The number of fused-ring (bicyclic) bond motifs is 1. The molecular weight excluding hydrogens is 176 g/mol. The Morgan fingerprint density at radius 1 is 1.57 bits per heavy atom. The molecule has 0 unspecified atom stereocenters. The van der Waals surface area contributed by atoms with Crippen molar-refractivity contribution in [3.8, 4) is 12.3 Å². The molecule has 2 nitrogen and oxygen atoms in total. The van der Waals surface area contributed by atoms with Crippen molar-refractivity contribution in [2.75, 3.05) is 6.61 Å². The molecule has 0 aromatic carbocycles. The first kappa shape index (κ1) is 10.0. The summed E-state index contributed by atoms with van der Waals surface area (Å²) in [7, 11) is 0. The van der Waals surface area contributed by atoms with E-state index in [9.17, 15) is 5.11 Å². The summed E-state index contributed by atoms with van der Waals surface area (Å²) in [5.41, 5.74) is 0. The number of ether oxygens (including phenoxy) is 1. The minimum absolute atomic E-state index is 0.0905. The zero-order valence-corrected chi connectivity index (χ0v) is 8.65. The molecule has 0 amide bonds. The second-order valence-corrected chi connectivity index (χ2v) is 4.66. The summed E-state index contributed by atoms with van der Waals surface area (Å²) in [5.74, 6) is 4.38. The summed E-state index contributed by atoms with van der Waals surface area (Å²) in [4.78, 5) is 0. The molecule has 0 aromatic heterocycles. The fourth-order valence-corrected chi connectivity index (χ4v) is 3.09. The van der Waals surface area contributed by atoms with E-state index in [0.29, 0.717) is 17.8 Å². The second kappa shape index (κ2) is 3.92. The highest BCUT2D eigenvalue weighted by Gasteiger charge is 2.49. The molecule has 0 aromatic rings. The van der Waals surface area contributed by atoms with Gasteiger partial charge in [-0.2, -0.15) is 0 Å². The lowest BCUT2D eigenvalue weighted by atomic mass is 9.83. The molecule has 1 saturated carbocycles. The monoisotopic (exact) mass is 194 g/mol. The van der Waals surface area contributed by atoms with Gasteiger partial charge in [0.25, 0.3) is 0 Å². The van der Waals surface area contributed by atoms with Crippen molar-refractivity contribution in [2.24, 2.45) is 17.8 Å². The van der Waals surface area contributed by atoms with Crippen LogP contribution in [-0.4, -0.2) is 23.9 Å². The van der Waals surface area contributed by atoms with Crippen molar-refractivity contribution in [2.45, 2.75) is 38.4 Å². The zero-order valence-electron chi connectivity index (χ0n) is 8.65. The quantitative estimate of drug-likeness (QED) is 0.674. The van der Waals surface area contributed by atoms with Crippen LogP contribution in [0.3, 0.4) is 0 Å². The van der Waals surface area contributed by atoms with Crippen LogP contribution in [0.25, 0.3) is 0 Å². The normalized spacial score (nSPS) is 46.2. The highest BCUT2D eigenvalue weighted by molar-refractivity contribution is 4.99.